The minimum Gasteiger partial charge on any atom is -0.378 e. The van der Waals surface area contributed by atoms with Crippen LogP contribution in [0.2, 0.25) is 10.0 Å². The second-order valence-electron chi connectivity index (χ2n) is 6.26. The molecule has 0 unspecified atom stereocenters. The Bertz CT molecular complexity index is 917. The number of carbonyl (C=O) groups is 2. The van der Waals surface area contributed by atoms with Gasteiger partial charge in [-0.05, 0) is 23.8 Å². The lowest BCUT2D eigenvalue weighted by Gasteiger charge is -2.29. The molecule has 5 nitrogen and oxygen atoms in total. The van der Waals surface area contributed by atoms with Gasteiger partial charge in [-0.3, -0.25) is 9.59 Å². The number of carbonyl (C=O) groups excluding carboxylic acids is 2. The number of morpholine rings is 1. The number of imide groups is 1. The molecule has 4 rings (SSSR count). The summed E-state index contributed by atoms with van der Waals surface area (Å²) in [7, 11) is 0. The molecule has 7 heteroatoms. The van der Waals surface area contributed by atoms with Crippen LogP contribution in [0.3, 0.4) is 0 Å². The molecule has 2 amide bonds. The van der Waals surface area contributed by atoms with Crippen LogP contribution in [-0.4, -0.2) is 43.0 Å². The van der Waals surface area contributed by atoms with Gasteiger partial charge in [-0.1, -0.05) is 53.5 Å². The number of halogens is 2. The van der Waals surface area contributed by atoms with Crippen LogP contribution in [0.15, 0.2) is 54.2 Å². The Morgan fingerprint density at radius 1 is 0.852 bits per heavy atom. The number of amides is 2. The Hall–Kier alpha value is -2.34. The third kappa shape index (κ3) is 3.34. The molecule has 2 aliphatic rings. The molecule has 0 saturated carbocycles. The highest BCUT2D eigenvalue weighted by molar-refractivity contribution is 6.46. The van der Waals surface area contributed by atoms with Crippen molar-refractivity contribution in [2.24, 2.45) is 0 Å². The van der Waals surface area contributed by atoms with Crippen LogP contribution >= 0.6 is 23.2 Å². The van der Waals surface area contributed by atoms with Gasteiger partial charge in [-0.25, -0.2) is 4.90 Å². The standard InChI is InChI=1S/C20H16Cl2N2O3/c21-14-10-15(22)12-16(11-14)24-19(25)17(13-4-2-1-3-5-13)18(20(24)26)23-6-8-27-9-7-23/h1-5,10-12H,6-9H2. The van der Waals surface area contributed by atoms with Crippen LogP contribution in [0.4, 0.5) is 5.69 Å². The quantitative estimate of drug-likeness (QED) is 0.735. The second-order valence-corrected chi connectivity index (χ2v) is 7.14. The van der Waals surface area contributed by atoms with Gasteiger partial charge in [0.15, 0.2) is 0 Å². The van der Waals surface area contributed by atoms with E-state index in [1.165, 1.54) is 0 Å². The second kappa shape index (κ2) is 7.35. The first-order chi connectivity index (χ1) is 13.1. The maximum atomic E-state index is 13.3. The molecule has 0 spiro atoms. The van der Waals surface area contributed by atoms with Gasteiger partial charge in [0.2, 0.25) is 0 Å². The van der Waals surface area contributed by atoms with Crippen LogP contribution in [0.25, 0.3) is 5.57 Å². The molecule has 2 heterocycles. The van der Waals surface area contributed by atoms with E-state index in [0.29, 0.717) is 58.9 Å². The molecule has 0 bridgehead atoms. The molecule has 27 heavy (non-hydrogen) atoms. The van der Waals surface area contributed by atoms with E-state index in [1.54, 1.807) is 18.2 Å². The van der Waals surface area contributed by atoms with Crippen molar-refractivity contribution in [2.75, 3.05) is 31.2 Å². The molecule has 0 aromatic heterocycles. The molecule has 0 radical (unpaired) electrons. The van der Waals surface area contributed by atoms with Gasteiger partial charge in [0.25, 0.3) is 11.8 Å². The van der Waals surface area contributed by atoms with E-state index in [1.807, 2.05) is 35.2 Å². The maximum absolute atomic E-state index is 13.3. The molecule has 2 aromatic rings. The van der Waals surface area contributed by atoms with Crippen molar-refractivity contribution in [3.05, 3.63) is 69.8 Å². The van der Waals surface area contributed by atoms with Crippen LogP contribution in [0.5, 0.6) is 0 Å². The summed E-state index contributed by atoms with van der Waals surface area (Å²) in [6.07, 6.45) is 0. The smallest absolute Gasteiger partial charge is 0.282 e. The predicted molar refractivity (Wildman–Crippen MR) is 105 cm³/mol. The lowest BCUT2D eigenvalue weighted by Crippen LogP contribution is -2.40. The van der Waals surface area contributed by atoms with Crippen LogP contribution in [0.1, 0.15) is 5.56 Å². The summed E-state index contributed by atoms with van der Waals surface area (Å²) < 4.78 is 5.40. The van der Waals surface area contributed by atoms with E-state index < -0.39 is 0 Å². The summed E-state index contributed by atoms with van der Waals surface area (Å²) in [5.74, 6) is -0.759. The summed E-state index contributed by atoms with van der Waals surface area (Å²) in [6, 6.07) is 13.9. The van der Waals surface area contributed by atoms with Crippen LogP contribution in [-0.2, 0) is 14.3 Å². The number of ether oxygens (including phenoxy) is 1. The van der Waals surface area contributed by atoms with Gasteiger partial charge in [-0.2, -0.15) is 0 Å². The minimum absolute atomic E-state index is 0.360. The highest BCUT2D eigenvalue weighted by Crippen LogP contribution is 2.36. The zero-order chi connectivity index (χ0) is 19.0. The van der Waals surface area contributed by atoms with Crippen molar-refractivity contribution >= 4 is 46.3 Å². The molecule has 0 atom stereocenters. The average molecular weight is 403 g/mol. The van der Waals surface area contributed by atoms with Gasteiger partial charge in [-0.15, -0.1) is 0 Å². The Balaban J connectivity index is 1.84. The zero-order valence-corrected chi connectivity index (χ0v) is 15.8. The normalized spacial score (nSPS) is 17.9. The van der Waals surface area contributed by atoms with Crippen molar-refractivity contribution in [2.45, 2.75) is 0 Å². The number of hydrogen-bond acceptors (Lipinski definition) is 4. The topological polar surface area (TPSA) is 49.9 Å². The van der Waals surface area contributed by atoms with Gasteiger partial charge in [0.1, 0.15) is 5.70 Å². The first-order valence-electron chi connectivity index (χ1n) is 8.53. The highest BCUT2D eigenvalue weighted by Gasteiger charge is 2.42. The number of benzene rings is 2. The zero-order valence-electron chi connectivity index (χ0n) is 14.3. The predicted octanol–water partition coefficient (Wildman–Crippen LogP) is 3.61. The monoisotopic (exact) mass is 402 g/mol. The van der Waals surface area contributed by atoms with E-state index in [-0.39, 0.29) is 11.8 Å². The first-order valence-corrected chi connectivity index (χ1v) is 9.29. The van der Waals surface area contributed by atoms with Gasteiger partial charge >= 0.3 is 0 Å². The lowest BCUT2D eigenvalue weighted by molar-refractivity contribution is -0.121. The van der Waals surface area contributed by atoms with Gasteiger partial charge in [0, 0.05) is 23.1 Å². The molecule has 1 fully saturated rings. The summed E-state index contributed by atoms with van der Waals surface area (Å²) in [5.41, 5.74) is 1.84. The molecule has 0 N–H and O–H groups in total. The Morgan fingerprint density at radius 2 is 1.48 bits per heavy atom. The molecule has 138 valence electrons. The SMILES string of the molecule is O=C1C(c2ccccc2)=C(N2CCOCC2)C(=O)N1c1cc(Cl)cc(Cl)c1. The molecule has 0 aliphatic carbocycles. The van der Waals surface area contributed by atoms with E-state index in [0.717, 1.165) is 4.90 Å². The third-order valence-electron chi connectivity index (χ3n) is 4.55. The summed E-state index contributed by atoms with van der Waals surface area (Å²) in [6.45, 7) is 2.12. The number of anilines is 1. The Morgan fingerprint density at radius 3 is 2.11 bits per heavy atom. The minimum atomic E-state index is -0.383. The maximum Gasteiger partial charge on any atom is 0.282 e. The van der Waals surface area contributed by atoms with Crippen LogP contribution < -0.4 is 4.90 Å². The fraction of sp³-hybridized carbons (Fsp3) is 0.200. The van der Waals surface area contributed by atoms with Crippen molar-refractivity contribution in [1.29, 1.82) is 0 Å². The Labute approximate surface area is 166 Å². The third-order valence-corrected chi connectivity index (χ3v) is 4.99. The first kappa shape index (κ1) is 18.0. The summed E-state index contributed by atoms with van der Waals surface area (Å²) >= 11 is 12.2. The van der Waals surface area contributed by atoms with Gasteiger partial charge in [0.05, 0.1) is 24.5 Å². The van der Waals surface area contributed by atoms with Gasteiger partial charge < -0.3 is 9.64 Å². The fourth-order valence-corrected chi connectivity index (χ4v) is 3.88. The molecular formula is C20H16Cl2N2O3. The average Bonchev–Trinajstić information content (AvgIpc) is 2.92. The number of hydrogen-bond donors (Lipinski definition) is 0. The fourth-order valence-electron chi connectivity index (χ4n) is 3.37. The summed E-state index contributed by atoms with van der Waals surface area (Å²) in [4.78, 5) is 29.7. The molecule has 2 aromatic carbocycles. The number of nitrogens with zero attached hydrogens (tertiary/aromatic N) is 2. The lowest BCUT2D eigenvalue weighted by atomic mass is 10.0. The van der Waals surface area contributed by atoms with Crippen LogP contribution in [0, 0.1) is 0 Å². The Kier molecular flexibility index (Phi) is 4.91. The van der Waals surface area contributed by atoms with E-state index in [2.05, 4.69) is 0 Å². The van der Waals surface area contributed by atoms with Crippen molar-refractivity contribution in [1.82, 2.24) is 4.90 Å². The van der Waals surface area contributed by atoms with E-state index in [4.69, 9.17) is 27.9 Å². The molecule has 2 aliphatic heterocycles. The molecule has 1 saturated heterocycles. The van der Waals surface area contributed by atoms with Crippen molar-refractivity contribution < 1.29 is 14.3 Å². The van der Waals surface area contributed by atoms with Crippen molar-refractivity contribution in [3.63, 3.8) is 0 Å². The van der Waals surface area contributed by atoms with Crippen molar-refractivity contribution in [3.8, 4) is 0 Å². The number of rotatable bonds is 3. The van der Waals surface area contributed by atoms with E-state index >= 15 is 0 Å². The van der Waals surface area contributed by atoms with E-state index in [9.17, 15) is 9.59 Å². The largest absolute Gasteiger partial charge is 0.378 e. The molecular weight excluding hydrogens is 387 g/mol. The highest BCUT2D eigenvalue weighted by atomic mass is 35.5. The summed E-state index contributed by atoms with van der Waals surface area (Å²) in [5, 5.41) is 0.721.